The van der Waals surface area contributed by atoms with Gasteiger partial charge in [0.2, 0.25) is 5.91 Å². The minimum Gasteiger partial charge on any atom is -0.373 e. The molecule has 1 amide bonds. The molecule has 0 saturated carbocycles. The van der Waals surface area contributed by atoms with Gasteiger partial charge in [-0.05, 0) is 6.42 Å². The fourth-order valence-electron chi connectivity index (χ4n) is 1.86. The molecule has 2 heterocycles. The number of rotatable bonds is 3. The van der Waals surface area contributed by atoms with E-state index in [1.165, 1.54) is 6.33 Å². The van der Waals surface area contributed by atoms with Crippen molar-refractivity contribution < 1.29 is 4.79 Å². The third kappa shape index (κ3) is 2.05. The molecule has 1 aromatic heterocycles. The van der Waals surface area contributed by atoms with Crippen LogP contribution in [0.5, 0.6) is 0 Å². The fourth-order valence-corrected chi connectivity index (χ4v) is 1.86. The van der Waals surface area contributed by atoms with Crippen molar-refractivity contribution in [1.82, 2.24) is 9.97 Å². The number of amides is 1. The molecule has 1 unspecified atom stereocenters. The molecule has 1 aromatic rings. The Morgan fingerprint density at radius 2 is 2.44 bits per heavy atom. The maximum atomic E-state index is 11.1. The first-order valence-electron chi connectivity index (χ1n) is 5.24. The summed E-state index contributed by atoms with van der Waals surface area (Å²) in [5.41, 5.74) is 5.28. The predicted molar refractivity (Wildman–Crippen MR) is 61.1 cm³/mol. The summed E-state index contributed by atoms with van der Waals surface area (Å²) < 4.78 is 0. The molecule has 86 valence electrons. The Bertz CT molecular complexity index is 395. The van der Waals surface area contributed by atoms with Gasteiger partial charge in [0.1, 0.15) is 18.0 Å². The molecule has 1 fully saturated rings. The highest BCUT2D eigenvalue weighted by Gasteiger charge is 2.27. The number of hydrogen-bond acceptors (Lipinski definition) is 5. The van der Waals surface area contributed by atoms with Crippen molar-refractivity contribution in [2.45, 2.75) is 6.42 Å². The number of hydrogen-bond donors (Lipinski definition) is 2. The maximum absolute atomic E-state index is 11.1. The highest BCUT2D eigenvalue weighted by molar-refractivity contribution is 5.78. The third-order valence-corrected chi connectivity index (χ3v) is 2.82. The van der Waals surface area contributed by atoms with Crippen molar-refractivity contribution in [2.75, 3.05) is 30.4 Å². The van der Waals surface area contributed by atoms with Crippen molar-refractivity contribution in [3.05, 3.63) is 12.4 Å². The van der Waals surface area contributed by atoms with E-state index >= 15 is 0 Å². The number of carbonyl (C=O) groups excluding carboxylic acids is 1. The third-order valence-electron chi connectivity index (χ3n) is 2.82. The molecule has 1 aliphatic heterocycles. The molecular weight excluding hydrogens is 206 g/mol. The zero-order valence-electron chi connectivity index (χ0n) is 9.18. The standard InChI is InChI=1S/C10H15N5O/c1-12-8-4-9(14-6-13-8)15-3-2-7(5-15)10(11)16/h4,6-7H,2-3,5H2,1H3,(H2,11,16)(H,12,13,14). The van der Waals surface area contributed by atoms with E-state index in [1.807, 2.05) is 13.1 Å². The van der Waals surface area contributed by atoms with Crippen molar-refractivity contribution >= 4 is 17.5 Å². The number of nitrogens with zero attached hydrogens (tertiary/aromatic N) is 3. The summed E-state index contributed by atoms with van der Waals surface area (Å²) in [7, 11) is 1.81. The molecule has 0 radical (unpaired) electrons. The van der Waals surface area contributed by atoms with E-state index in [-0.39, 0.29) is 11.8 Å². The van der Waals surface area contributed by atoms with Gasteiger partial charge in [-0.25, -0.2) is 9.97 Å². The number of primary amides is 1. The lowest BCUT2D eigenvalue weighted by Crippen LogP contribution is -2.27. The van der Waals surface area contributed by atoms with Gasteiger partial charge in [-0.15, -0.1) is 0 Å². The maximum Gasteiger partial charge on any atom is 0.222 e. The number of nitrogens with one attached hydrogen (secondary N) is 1. The molecule has 1 saturated heterocycles. The van der Waals surface area contributed by atoms with Gasteiger partial charge in [0.05, 0.1) is 5.92 Å². The van der Waals surface area contributed by atoms with Gasteiger partial charge in [0.15, 0.2) is 0 Å². The molecule has 3 N–H and O–H groups in total. The quantitative estimate of drug-likeness (QED) is 0.740. The lowest BCUT2D eigenvalue weighted by atomic mass is 10.1. The summed E-state index contributed by atoms with van der Waals surface area (Å²) in [5.74, 6) is 1.31. The van der Waals surface area contributed by atoms with Crippen LogP contribution in [-0.2, 0) is 4.79 Å². The Balaban J connectivity index is 2.11. The molecule has 0 aromatic carbocycles. The monoisotopic (exact) mass is 221 g/mol. The summed E-state index contributed by atoms with van der Waals surface area (Å²) in [6.07, 6.45) is 2.31. The van der Waals surface area contributed by atoms with Crippen LogP contribution < -0.4 is 16.0 Å². The summed E-state index contributed by atoms with van der Waals surface area (Å²) in [4.78, 5) is 21.3. The molecule has 2 rings (SSSR count). The van der Waals surface area contributed by atoms with Crippen LogP contribution in [0, 0.1) is 5.92 Å². The average molecular weight is 221 g/mol. The highest BCUT2D eigenvalue weighted by atomic mass is 16.1. The van der Waals surface area contributed by atoms with Crippen LogP contribution in [0.2, 0.25) is 0 Å². The molecule has 0 bridgehead atoms. The lowest BCUT2D eigenvalue weighted by Gasteiger charge is -2.16. The first kappa shape index (κ1) is 10.7. The Kier molecular flexibility index (Phi) is 2.89. The van der Waals surface area contributed by atoms with Crippen LogP contribution >= 0.6 is 0 Å². The minimum atomic E-state index is -0.231. The second kappa shape index (κ2) is 4.34. The van der Waals surface area contributed by atoms with Crippen molar-refractivity contribution in [2.24, 2.45) is 11.7 Å². The second-order valence-corrected chi connectivity index (χ2v) is 3.85. The zero-order valence-corrected chi connectivity index (χ0v) is 9.18. The first-order chi connectivity index (χ1) is 7.70. The zero-order chi connectivity index (χ0) is 11.5. The van der Waals surface area contributed by atoms with Crippen LogP contribution in [-0.4, -0.2) is 36.0 Å². The van der Waals surface area contributed by atoms with Crippen LogP contribution in [0.25, 0.3) is 0 Å². The van der Waals surface area contributed by atoms with Gasteiger partial charge in [-0.2, -0.15) is 0 Å². The Labute approximate surface area is 93.9 Å². The molecular formula is C10H15N5O. The number of nitrogens with two attached hydrogens (primary N) is 1. The highest BCUT2D eigenvalue weighted by Crippen LogP contribution is 2.22. The van der Waals surface area contributed by atoms with Crippen LogP contribution in [0.15, 0.2) is 12.4 Å². The van der Waals surface area contributed by atoms with Crippen molar-refractivity contribution in [3.8, 4) is 0 Å². The Morgan fingerprint density at radius 3 is 3.06 bits per heavy atom. The smallest absolute Gasteiger partial charge is 0.222 e. The topological polar surface area (TPSA) is 84.1 Å². The Hall–Kier alpha value is -1.85. The predicted octanol–water partition coefficient (Wildman–Crippen LogP) is -0.170. The van der Waals surface area contributed by atoms with Gasteiger partial charge >= 0.3 is 0 Å². The molecule has 1 atom stereocenters. The summed E-state index contributed by atoms with van der Waals surface area (Å²) in [6.45, 7) is 1.46. The van der Waals surface area contributed by atoms with Crippen LogP contribution in [0.1, 0.15) is 6.42 Å². The second-order valence-electron chi connectivity index (χ2n) is 3.85. The minimum absolute atomic E-state index is 0.0620. The number of aromatic nitrogens is 2. The normalized spacial score (nSPS) is 19.8. The molecule has 0 spiro atoms. The van der Waals surface area contributed by atoms with E-state index < -0.39 is 0 Å². The molecule has 16 heavy (non-hydrogen) atoms. The van der Waals surface area contributed by atoms with E-state index in [2.05, 4.69) is 20.2 Å². The lowest BCUT2D eigenvalue weighted by molar-refractivity contribution is -0.121. The van der Waals surface area contributed by atoms with Gasteiger partial charge in [0.25, 0.3) is 0 Å². The SMILES string of the molecule is CNc1cc(N2CCC(C(N)=O)C2)ncn1. The fraction of sp³-hybridized carbons (Fsp3) is 0.500. The van der Waals surface area contributed by atoms with E-state index in [0.29, 0.717) is 6.54 Å². The van der Waals surface area contributed by atoms with Crippen molar-refractivity contribution in [3.63, 3.8) is 0 Å². The average Bonchev–Trinajstić information content (AvgIpc) is 2.78. The van der Waals surface area contributed by atoms with Gasteiger partial charge in [0, 0.05) is 26.2 Å². The van der Waals surface area contributed by atoms with Gasteiger partial charge < -0.3 is 16.0 Å². The summed E-state index contributed by atoms with van der Waals surface area (Å²) >= 11 is 0. The number of carbonyl (C=O) groups is 1. The van der Waals surface area contributed by atoms with Crippen LogP contribution in [0.4, 0.5) is 11.6 Å². The molecule has 6 nitrogen and oxygen atoms in total. The van der Waals surface area contributed by atoms with Gasteiger partial charge in [-0.1, -0.05) is 0 Å². The molecule has 6 heteroatoms. The van der Waals surface area contributed by atoms with E-state index in [9.17, 15) is 4.79 Å². The van der Waals surface area contributed by atoms with Gasteiger partial charge in [-0.3, -0.25) is 4.79 Å². The summed E-state index contributed by atoms with van der Waals surface area (Å²) in [5, 5.41) is 2.96. The summed E-state index contributed by atoms with van der Waals surface area (Å²) in [6, 6.07) is 1.86. The van der Waals surface area contributed by atoms with Crippen molar-refractivity contribution in [1.29, 1.82) is 0 Å². The molecule has 1 aliphatic rings. The Morgan fingerprint density at radius 1 is 1.62 bits per heavy atom. The van der Waals surface area contributed by atoms with E-state index in [4.69, 9.17) is 5.73 Å². The first-order valence-corrected chi connectivity index (χ1v) is 5.24. The van der Waals surface area contributed by atoms with E-state index in [1.54, 1.807) is 0 Å². The largest absolute Gasteiger partial charge is 0.373 e. The number of anilines is 2. The molecule has 0 aliphatic carbocycles. The van der Waals surface area contributed by atoms with Crippen LogP contribution in [0.3, 0.4) is 0 Å². The van der Waals surface area contributed by atoms with E-state index in [0.717, 1.165) is 24.6 Å².